The van der Waals surface area contributed by atoms with E-state index >= 15 is 0 Å². The minimum Gasteiger partial charge on any atom is -0.480 e. The monoisotopic (exact) mass is 692 g/mol. The summed E-state index contributed by atoms with van der Waals surface area (Å²) in [5.41, 5.74) is 0.255. The van der Waals surface area contributed by atoms with Crippen molar-refractivity contribution in [1.29, 1.82) is 0 Å². The van der Waals surface area contributed by atoms with Crippen molar-refractivity contribution >= 4 is 35.8 Å². The van der Waals surface area contributed by atoms with E-state index in [0.717, 1.165) is 5.57 Å². The van der Waals surface area contributed by atoms with Crippen LogP contribution in [-0.4, -0.2) is 58.3 Å². The maximum absolute atomic E-state index is 12.9. The second-order valence-electron chi connectivity index (χ2n) is 11.9. The fraction of sp³-hybridized carbons (Fsp3) is 0.389. The van der Waals surface area contributed by atoms with Gasteiger partial charge in [0.2, 0.25) is 0 Å². The number of ether oxygens (including phenoxy) is 7. The maximum atomic E-state index is 12.9. The molecule has 14 nitrogen and oxygen atoms in total. The number of carbonyl (C=O) groups excluding carboxylic acids is 6. The largest absolute Gasteiger partial charge is 0.480 e. The maximum Gasteiger partial charge on any atom is 0.348 e. The van der Waals surface area contributed by atoms with Crippen LogP contribution in [0.15, 0.2) is 82.4 Å². The highest BCUT2D eigenvalue weighted by atomic mass is 16.8. The van der Waals surface area contributed by atoms with Crippen LogP contribution in [0.1, 0.15) is 73.1 Å². The average molecular weight is 693 g/mol. The molecule has 1 aliphatic carbocycles. The van der Waals surface area contributed by atoms with Crippen LogP contribution in [0.2, 0.25) is 0 Å². The van der Waals surface area contributed by atoms with Crippen LogP contribution < -0.4 is 0 Å². The molecule has 4 aliphatic rings. The number of aliphatic hydroxyl groups excluding tert-OH is 1. The van der Waals surface area contributed by atoms with Gasteiger partial charge in [0.1, 0.15) is 22.8 Å². The van der Waals surface area contributed by atoms with Crippen molar-refractivity contribution in [3.8, 4) is 12.0 Å². The van der Waals surface area contributed by atoms with Crippen LogP contribution in [0.5, 0.6) is 0 Å². The summed E-state index contributed by atoms with van der Waals surface area (Å²) in [7, 11) is 0. The fourth-order valence-electron chi connectivity index (χ4n) is 5.16. The Balaban J connectivity index is 1.35. The molecule has 2 saturated heterocycles. The number of allylic oxidation sites excluding steroid dienone is 9. The summed E-state index contributed by atoms with van der Waals surface area (Å²) in [5.74, 6) is -8.36. The van der Waals surface area contributed by atoms with Gasteiger partial charge in [0.25, 0.3) is 23.3 Å². The van der Waals surface area contributed by atoms with Crippen LogP contribution in [0.3, 0.4) is 0 Å². The Morgan fingerprint density at radius 3 is 1.70 bits per heavy atom. The molecule has 50 heavy (non-hydrogen) atoms. The van der Waals surface area contributed by atoms with Gasteiger partial charge >= 0.3 is 35.8 Å². The number of esters is 6. The standard InChI is InChI=1S/C36H36O14/c1-6-8-22(3)9-12-25-30(40)47-35(48-31(25)41)17-19-36(20-18-35)49-32(42)26(33(43)50-36)14-11-23(4)10-13-24-28(38)45-34(5,46-29(24)39)16-15-27(37)44-21-7-2/h6,8-14,38H,15-20H2,1-5H3/b8-6+,13-10?,22-9+,23-11?,25-12?,26-14?. The lowest BCUT2D eigenvalue weighted by Crippen LogP contribution is -2.56. The molecular weight excluding hydrogens is 656 g/mol. The summed E-state index contributed by atoms with van der Waals surface area (Å²) >= 11 is 0. The lowest BCUT2D eigenvalue weighted by atomic mass is 9.87. The molecule has 1 atom stereocenters. The molecular formula is C36H36O14. The molecule has 0 aromatic carbocycles. The molecule has 0 aromatic heterocycles. The summed E-state index contributed by atoms with van der Waals surface area (Å²) in [6.45, 7) is 8.08. The summed E-state index contributed by atoms with van der Waals surface area (Å²) < 4.78 is 37.3. The molecule has 3 aliphatic heterocycles. The highest BCUT2D eigenvalue weighted by molar-refractivity contribution is 6.16. The molecule has 0 radical (unpaired) electrons. The first-order valence-corrected chi connectivity index (χ1v) is 15.6. The smallest absolute Gasteiger partial charge is 0.348 e. The number of hydrogen-bond acceptors (Lipinski definition) is 14. The van der Waals surface area contributed by atoms with Gasteiger partial charge in [0.15, 0.2) is 0 Å². The first-order chi connectivity index (χ1) is 23.6. The van der Waals surface area contributed by atoms with Gasteiger partial charge in [-0.3, -0.25) is 4.79 Å². The van der Waals surface area contributed by atoms with Crippen molar-refractivity contribution in [3.05, 3.63) is 82.4 Å². The Morgan fingerprint density at radius 2 is 1.26 bits per heavy atom. The van der Waals surface area contributed by atoms with E-state index in [-0.39, 0.29) is 49.7 Å². The van der Waals surface area contributed by atoms with E-state index in [2.05, 4.69) is 16.8 Å². The third-order valence-electron chi connectivity index (χ3n) is 7.86. The van der Waals surface area contributed by atoms with E-state index in [1.165, 1.54) is 44.2 Å². The predicted octanol–water partition coefficient (Wildman–Crippen LogP) is 4.39. The Morgan fingerprint density at radius 1 is 0.780 bits per heavy atom. The van der Waals surface area contributed by atoms with E-state index in [1.807, 2.05) is 6.92 Å². The molecule has 1 N–H and O–H groups in total. The SMILES string of the molecule is CC#COC(=O)CCC1(C)OC(=O)C(C=CC(C)=CC=C2C(=O)OC3(CCC4(CC3)OC(=O)C(=C/C=C(C)/C=C/C)C(=O)O4)OC2=O)=C(O)O1. The fourth-order valence-corrected chi connectivity index (χ4v) is 5.16. The van der Waals surface area contributed by atoms with Gasteiger partial charge in [-0.1, -0.05) is 47.4 Å². The Labute approximate surface area is 287 Å². The van der Waals surface area contributed by atoms with Gasteiger partial charge in [-0.2, -0.15) is 0 Å². The van der Waals surface area contributed by atoms with E-state index in [4.69, 9.17) is 28.4 Å². The second kappa shape index (κ2) is 15.1. The van der Waals surface area contributed by atoms with Crippen LogP contribution >= 0.6 is 0 Å². The third kappa shape index (κ3) is 8.79. The molecule has 0 aromatic rings. The van der Waals surface area contributed by atoms with Crippen molar-refractivity contribution in [3.63, 3.8) is 0 Å². The van der Waals surface area contributed by atoms with Crippen molar-refractivity contribution in [2.24, 2.45) is 0 Å². The van der Waals surface area contributed by atoms with Gasteiger partial charge < -0.3 is 38.3 Å². The van der Waals surface area contributed by atoms with Crippen molar-refractivity contribution in [1.82, 2.24) is 0 Å². The summed E-state index contributed by atoms with van der Waals surface area (Å²) in [5, 5.41) is 10.4. The quantitative estimate of drug-likeness (QED) is 0.0942. The van der Waals surface area contributed by atoms with Crippen molar-refractivity contribution in [2.45, 2.75) is 90.5 Å². The summed E-state index contributed by atoms with van der Waals surface area (Å²) in [4.78, 5) is 75.4. The first kappa shape index (κ1) is 37.0. The molecule has 4 rings (SSSR count). The third-order valence-corrected chi connectivity index (χ3v) is 7.86. The second-order valence-corrected chi connectivity index (χ2v) is 11.9. The Hall–Kier alpha value is -5.84. The van der Waals surface area contributed by atoms with Gasteiger partial charge in [0.05, 0.1) is 6.42 Å². The van der Waals surface area contributed by atoms with Crippen molar-refractivity contribution in [2.75, 3.05) is 0 Å². The number of hydrogen-bond donors (Lipinski definition) is 1. The van der Waals surface area contributed by atoms with E-state index < -0.39 is 64.7 Å². The number of carbonyl (C=O) groups is 6. The number of cyclic esters (lactones) is 1. The topological polar surface area (TPSA) is 187 Å². The minimum absolute atomic E-state index is 0.0801. The molecule has 1 saturated carbocycles. The highest BCUT2D eigenvalue weighted by Crippen LogP contribution is 2.45. The van der Waals surface area contributed by atoms with E-state index in [1.54, 1.807) is 32.1 Å². The van der Waals surface area contributed by atoms with Crippen LogP contribution in [0, 0.1) is 12.0 Å². The van der Waals surface area contributed by atoms with Crippen LogP contribution in [0.4, 0.5) is 0 Å². The lowest BCUT2D eigenvalue weighted by molar-refractivity contribution is -0.291. The van der Waals surface area contributed by atoms with Crippen molar-refractivity contribution < 1.29 is 67.0 Å². The molecule has 0 bridgehead atoms. The zero-order valence-corrected chi connectivity index (χ0v) is 28.1. The number of aliphatic hydroxyl groups is 1. The molecule has 1 unspecified atom stereocenters. The minimum atomic E-state index is -1.64. The predicted molar refractivity (Wildman–Crippen MR) is 170 cm³/mol. The first-order valence-electron chi connectivity index (χ1n) is 15.6. The molecule has 3 fully saturated rings. The van der Waals surface area contributed by atoms with Crippen LogP contribution in [-0.2, 0) is 61.9 Å². The lowest BCUT2D eigenvalue weighted by Gasteiger charge is -2.46. The van der Waals surface area contributed by atoms with E-state index in [0.29, 0.717) is 5.57 Å². The molecule has 0 amide bonds. The average Bonchev–Trinajstić information content (AvgIpc) is 3.03. The highest BCUT2D eigenvalue weighted by Gasteiger charge is 2.56. The number of rotatable bonds is 8. The molecule has 3 heterocycles. The molecule has 264 valence electrons. The summed E-state index contributed by atoms with van der Waals surface area (Å²) in [6.07, 6.45) is 13.2. The van der Waals surface area contributed by atoms with Gasteiger partial charge in [-0.05, 0) is 39.0 Å². The zero-order valence-electron chi connectivity index (χ0n) is 28.1. The molecule has 2 spiro atoms. The molecule has 14 heteroatoms. The normalized spacial score (nSPS) is 27.3. The Kier molecular flexibility index (Phi) is 11.2. The van der Waals surface area contributed by atoms with E-state index in [9.17, 15) is 33.9 Å². The zero-order chi connectivity index (χ0) is 36.7. The summed E-state index contributed by atoms with van der Waals surface area (Å²) in [6, 6.07) is 0. The van der Waals surface area contributed by atoms with Gasteiger partial charge in [-0.25, -0.2) is 24.0 Å². The Bertz CT molecular complexity index is 1720. The van der Waals surface area contributed by atoms with Crippen LogP contribution in [0.25, 0.3) is 0 Å². The van der Waals surface area contributed by atoms with Gasteiger partial charge in [0, 0.05) is 46.0 Å². The van der Waals surface area contributed by atoms with Gasteiger partial charge in [-0.15, -0.1) is 0 Å².